The maximum absolute atomic E-state index is 12.5. The molecule has 1 aromatic rings. The molecule has 0 aromatic heterocycles. The predicted octanol–water partition coefficient (Wildman–Crippen LogP) is 1.78. The first-order chi connectivity index (χ1) is 13.8. The number of ether oxygens (including phenoxy) is 2. The molecule has 0 bridgehead atoms. The van der Waals surface area contributed by atoms with E-state index in [1.54, 1.807) is 0 Å². The van der Waals surface area contributed by atoms with Gasteiger partial charge in [0.15, 0.2) is 5.11 Å². The van der Waals surface area contributed by atoms with Crippen LogP contribution in [-0.2, 0) is 19.1 Å². The highest BCUT2D eigenvalue weighted by molar-refractivity contribution is 7.80. The van der Waals surface area contributed by atoms with E-state index in [-0.39, 0.29) is 41.2 Å². The van der Waals surface area contributed by atoms with Crippen LogP contribution in [0.3, 0.4) is 0 Å². The van der Waals surface area contributed by atoms with Crippen LogP contribution in [0.4, 0.5) is 0 Å². The summed E-state index contributed by atoms with van der Waals surface area (Å²) < 4.78 is 10.2. The number of halogens is 2. The van der Waals surface area contributed by atoms with Gasteiger partial charge in [-0.15, -0.1) is 0 Å². The highest BCUT2D eigenvalue weighted by atomic mass is 35.5. The minimum atomic E-state index is -0.892. The number of thiocarbonyl (C=S) groups is 1. The molecule has 0 saturated carbocycles. The van der Waals surface area contributed by atoms with E-state index in [4.69, 9.17) is 44.9 Å². The standard InChI is InChI=1S/C18H21Cl2N3O5S/c1-2-27-7-8-28-15(24)10-14-17(26)21-5-6-23(14)18(29)22-16(25)12-4-3-11(19)9-13(12)20/h3-4,9,14H,2,5-8,10H2,1H3,(H,21,26)(H,22,25,29). The molecule has 29 heavy (non-hydrogen) atoms. The van der Waals surface area contributed by atoms with Crippen molar-refractivity contribution in [3.8, 4) is 0 Å². The van der Waals surface area contributed by atoms with Crippen molar-refractivity contribution >= 4 is 58.3 Å². The van der Waals surface area contributed by atoms with Crippen molar-refractivity contribution in [3.05, 3.63) is 33.8 Å². The summed E-state index contributed by atoms with van der Waals surface area (Å²) in [7, 11) is 0. The number of amides is 2. The number of carbonyl (C=O) groups is 3. The molecular formula is C18H21Cl2N3O5S. The number of hydrogen-bond donors (Lipinski definition) is 2. The van der Waals surface area contributed by atoms with Crippen molar-refractivity contribution in [2.24, 2.45) is 0 Å². The lowest BCUT2D eigenvalue weighted by molar-refractivity contribution is -0.148. The summed E-state index contributed by atoms with van der Waals surface area (Å²) in [5.74, 6) is -1.48. The van der Waals surface area contributed by atoms with Gasteiger partial charge in [-0.25, -0.2) is 0 Å². The molecule has 0 spiro atoms. The average molecular weight is 462 g/mol. The molecule has 1 aliphatic rings. The van der Waals surface area contributed by atoms with Crippen LogP contribution in [0.5, 0.6) is 0 Å². The molecular weight excluding hydrogens is 441 g/mol. The second kappa shape index (κ2) is 11.3. The minimum Gasteiger partial charge on any atom is -0.463 e. The molecule has 11 heteroatoms. The van der Waals surface area contributed by atoms with Crippen molar-refractivity contribution in [2.45, 2.75) is 19.4 Å². The van der Waals surface area contributed by atoms with Crippen LogP contribution in [0, 0.1) is 0 Å². The van der Waals surface area contributed by atoms with Crippen molar-refractivity contribution in [1.82, 2.24) is 15.5 Å². The van der Waals surface area contributed by atoms with E-state index in [2.05, 4.69) is 10.6 Å². The van der Waals surface area contributed by atoms with Gasteiger partial charge >= 0.3 is 5.97 Å². The van der Waals surface area contributed by atoms with Crippen molar-refractivity contribution < 1.29 is 23.9 Å². The van der Waals surface area contributed by atoms with Crippen LogP contribution < -0.4 is 10.6 Å². The van der Waals surface area contributed by atoms with Gasteiger partial charge in [-0.2, -0.15) is 0 Å². The highest BCUT2D eigenvalue weighted by Crippen LogP contribution is 2.21. The Morgan fingerprint density at radius 2 is 2.10 bits per heavy atom. The van der Waals surface area contributed by atoms with Crippen molar-refractivity contribution in [1.29, 1.82) is 0 Å². The van der Waals surface area contributed by atoms with Crippen LogP contribution in [0.2, 0.25) is 10.0 Å². The number of nitrogens with zero attached hydrogens (tertiary/aromatic N) is 1. The first-order valence-corrected chi connectivity index (χ1v) is 10.1. The largest absolute Gasteiger partial charge is 0.463 e. The Morgan fingerprint density at radius 1 is 1.34 bits per heavy atom. The molecule has 8 nitrogen and oxygen atoms in total. The molecule has 1 aromatic carbocycles. The fourth-order valence-electron chi connectivity index (χ4n) is 2.65. The van der Waals surface area contributed by atoms with Gasteiger partial charge < -0.3 is 19.7 Å². The molecule has 2 amide bonds. The Kier molecular flexibility index (Phi) is 9.09. The average Bonchev–Trinajstić information content (AvgIpc) is 2.66. The summed E-state index contributed by atoms with van der Waals surface area (Å²) >= 11 is 17.2. The number of rotatable bonds is 7. The van der Waals surface area contributed by atoms with E-state index in [1.165, 1.54) is 23.1 Å². The fourth-order valence-corrected chi connectivity index (χ4v) is 3.45. The SMILES string of the molecule is CCOCCOC(=O)CC1C(=O)NCCN1C(=S)NC(=O)c1ccc(Cl)cc1Cl. The lowest BCUT2D eigenvalue weighted by Gasteiger charge is -2.36. The third kappa shape index (κ3) is 6.81. The van der Waals surface area contributed by atoms with Gasteiger partial charge in [-0.1, -0.05) is 23.2 Å². The molecule has 0 aliphatic carbocycles. The predicted molar refractivity (Wildman–Crippen MR) is 112 cm³/mol. The van der Waals surface area contributed by atoms with Gasteiger partial charge in [-0.3, -0.25) is 19.7 Å². The second-order valence-corrected chi connectivity index (χ2v) is 7.24. The Balaban J connectivity index is 2.01. The number of carbonyl (C=O) groups excluding carboxylic acids is 3. The Labute approximate surface area is 183 Å². The smallest absolute Gasteiger partial charge is 0.308 e. The summed E-state index contributed by atoms with van der Waals surface area (Å²) in [4.78, 5) is 38.3. The summed E-state index contributed by atoms with van der Waals surface area (Å²) in [6.07, 6.45) is -0.213. The van der Waals surface area contributed by atoms with Crippen molar-refractivity contribution in [3.63, 3.8) is 0 Å². The monoisotopic (exact) mass is 461 g/mol. The fraction of sp³-hybridized carbons (Fsp3) is 0.444. The van der Waals surface area contributed by atoms with Gasteiger partial charge in [0.25, 0.3) is 5.91 Å². The third-order valence-corrected chi connectivity index (χ3v) is 4.93. The zero-order valence-electron chi connectivity index (χ0n) is 15.7. The zero-order valence-corrected chi connectivity index (χ0v) is 18.0. The lowest BCUT2D eigenvalue weighted by Crippen LogP contribution is -2.60. The van der Waals surface area contributed by atoms with Gasteiger partial charge in [0.1, 0.15) is 12.6 Å². The molecule has 1 unspecified atom stereocenters. The van der Waals surface area contributed by atoms with Crippen LogP contribution in [0.15, 0.2) is 18.2 Å². The molecule has 2 rings (SSSR count). The molecule has 158 valence electrons. The quantitative estimate of drug-likeness (QED) is 0.362. The zero-order chi connectivity index (χ0) is 21.4. The van der Waals surface area contributed by atoms with Gasteiger partial charge in [-0.05, 0) is 37.3 Å². The number of nitrogens with one attached hydrogen (secondary N) is 2. The van der Waals surface area contributed by atoms with Crippen LogP contribution in [0.1, 0.15) is 23.7 Å². The summed E-state index contributed by atoms with van der Waals surface area (Å²) in [5, 5.41) is 5.81. The van der Waals surface area contributed by atoms with Gasteiger partial charge in [0.2, 0.25) is 5.91 Å². The maximum Gasteiger partial charge on any atom is 0.308 e. The van der Waals surface area contributed by atoms with Crippen LogP contribution in [-0.4, -0.2) is 66.7 Å². The van der Waals surface area contributed by atoms with E-state index >= 15 is 0 Å². The van der Waals surface area contributed by atoms with E-state index in [1.807, 2.05) is 6.92 Å². The highest BCUT2D eigenvalue weighted by Gasteiger charge is 2.34. The van der Waals surface area contributed by atoms with Gasteiger partial charge in [0.05, 0.1) is 23.6 Å². The molecule has 1 aliphatic heterocycles. The molecule has 0 radical (unpaired) electrons. The summed E-state index contributed by atoms with van der Waals surface area (Å²) in [6.45, 7) is 3.37. The second-order valence-electron chi connectivity index (χ2n) is 6.01. The summed E-state index contributed by atoms with van der Waals surface area (Å²) in [5.41, 5.74) is 0.187. The van der Waals surface area contributed by atoms with E-state index in [0.717, 1.165) is 0 Å². The van der Waals surface area contributed by atoms with Crippen LogP contribution >= 0.6 is 35.4 Å². The van der Waals surface area contributed by atoms with E-state index in [9.17, 15) is 14.4 Å². The number of esters is 1. The molecule has 2 N–H and O–H groups in total. The Morgan fingerprint density at radius 3 is 2.79 bits per heavy atom. The normalized spacial score (nSPS) is 16.2. The topological polar surface area (TPSA) is 97.0 Å². The maximum atomic E-state index is 12.5. The molecule has 1 atom stereocenters. The lowest BCUT2D eigenvalue weighted by atomic mass is 10.1. The first kappa shape index (κ1) is 23.3. The molecule has 1 heterocycles. The molecule has 1 fully saturated rings. The number of hydrogen-bond acceptors (Lipinski definition) is 6. The van der Waals surface area contributed by atoms with Crippen LogP contribution in [0.25, 0.3) is 0 Å². The minimum absolute atomic E-state index is 0.0167. The van der Waals surface area contributed by atoms with E-state index in [0.29, 0.717) is 24.7 Å². The Bertz CT molecular complexity index is 793. The summed E-state index contributed by atoms with van der Waals surface area (Å²) in [6, 6.07) is 3.55. The number of piperazine rings is 1. The Hall–Kier alpha value is -1.94. The first-order valence-electron chi connectivity index (χ1n) is 8.91. The van der Waals surface area contributed by atoms with E-state index < -0.39 is 17.9 Å². The molecule has 1 saturated heterocycles. The van der Waals surface area contributed by atoms with Gasteiger partial charge in [0, 0.05) is 24.7 Å². The third-order valence-electron chi connectivity index (χ3n) is 4.04. The number of benzene rings is 1. The van der Waals surface area contributed by atoms with Crippen molar-refractivity contribution in [2.75, 3.05) is 32.9 Å².